The van der Waals surface area contributed by atoms with Crippen molar-refractivity contribution in [3.63, 3.8) is 0 Å². The fraction of sp³-hybridized carbons (Fsp3) is 0.318. The van der Waals surface area contributed by atoms with Crippen molar-refractivity contribution in [3.8, 4) is 0 Å². The van der Waals surface area contributed by atoms with E-state index in [1.165, 1.54) is 0 Å². The van der Waals surface area contributed by atoms with E-state index < -0.39 is 0 Å². The highest BCUT2D eigenvalue weighted by molar-refractivity contribution is 9.10. The number of pyridine rings is 1. The van der Waals surface area contributed by atoms with Gasteiger partial charge in [0.25, 0.3) is 5.56 Å². The van der Waals surface area contributed by atoms with Gasteiger partial charge >= 0.3 is 0 Å². The first-order chi connectivity index (χ1) is 14.9. The quantitative estimate of drug-likeness (QED) is 0.467. The van der Waals surface area contributed by atoms with E-state index in [2.05, 4.69) is 31.7 Å². The van der Waals surface area contributed by atoms with Crippen LogP contribution in [0.5, 0.6) is 0 Å². The lowest BCUT2D eigenvalue weighted by atomic mass is 10.1. The zero-order valence-electron chi connectivity index (χ0n) is 17.5. The minimum Gasteiger partial charge on any atom is -0.352 e. The molecule has 0 spiro atoms. The summed E-state index contributed by atoms with van der Waals surface area (Å²) in [5.74, 6) is -0.204. The van der Waals surface area contributed by atoms with Crippen molar-refractivity contribution in [3.05, 3.63) is 85.0 Å². The smallest absolute Gasteiger partial charge is 0.254 e. The van der Waals surface area contributed by atoms with Crippen LogP contribution in [0.25, 0.3) is 0 Å². The summed E-state index contributed by atoms with van der Waals surface area (Å²) in [6, 6.07) is 7.49. The number of aromatic nitrogens is 3. The summed E-state index contributed by atoms with van der Waals surface area (Å²) >= 11 is 9.47. The fourth-order valence-electron chi connectivity index (χ4n) is 3.31. The summed E-state index contributed by atoms with van der Waals surface area (Å²) < 4.78 is 4.27. The molecule has 0 aliphatic rings. The predicted molar refractivity (Wildman–Crippen MR) is 125 cm³/mol. The molecule has 0 radical (unpaired) electrons. The number of aryl methyl sites for hydroxylation is 3. The molecular formula is C22H25BrClN5O2. The van der Waals surface area contributed by atoms with Crippen LogP contribution in [0, 0.1) is 6.92 Å². The normalized spacial score (nSPS) is 11.0. The number of nitrogens with zero attached hydrogens (tertiary/aromatic N) is 3. The van der Waals surface area contributed by atoms with Crippen molar-refractivity contribution in [1.29, 1.82) is 0 Å². The second-order valence-corrected chi connectivity index (χ2v) is 8.65. The summed E-state index contributed by atoms with van der Waals surface area (Å²) in [6.07, 6.45) is 5.34. The highest BCUT2D eigenvalue weighted by Gasteiger charge is 2.13. The molecule has 0 saturated carbocycles. The van der Waals surface area contributed by atoms with Crippen molar-refractivity contribution in [2.24, 2.45) is 0 Å². The van der Waals surface area contributed by atoms with Crippen molar-refractivity contribution >= 4 is 33.4 Å². The highest BCUT2D eigenvalue weighted by atomic mass is 79.9. The molecule has 0 fully saturated rings. The summed E-state index contributed by atoms with van der Waals surface area (Å²) in [6.45, 7) is 3.91. The van der Waals surface area contributed by atoms with Crippen molar-refractivity contribution in [2.45, 2.75) is 39.5 Å². The van der Waals surface area contributed by atoms with Crippen LogP contribution in [0.15, 0.2) is 52.1 Å². The number of hydrogen-bond acceptors (Lipinski definition) is 4. The van der Waals surface area contributed by atoms with Gasteiger partial charge in [0.05, 0.1) is 23.6 Å². The first kappa shape index (κ1) is 23.2. The lowest BCUT2D eigenvalue weighted by Crippen LogP contribution is -2.31. The maximum Gasteiger partial charge on any atom is 0.254 e. The standard InChI is InChI=1S/C22H25BrClN5O2/c1-15-5-6-28(7-8-29-14-18(23)13-27-29)22(31)20(15)10-21(30)26-12-17-9-19(24)4-3-16(17)11-25-2/h3-6,9,13-14,25H,7-8,10-12H2,1-2H3,(H,26,30). The summed E-state index contributed by atoms with van der Waals surface area (Å²) in [4.78, 5) is 25.5. The van der Waals surface area contributed by atoms with Gasteiger partial charge in [0.2, 0.25) is 5.91 Å². The average Bonchev–Trinajstić information content (AvgIpc) is 3.16. The molecule has 164 valence electrons. The largest absolute Gasteiger partial charge is 0.352 e. The predicted octanol–water partition coefficient (Wildman–Crippen LogP) is 3.05. The van der Waals surface area contributed by atoms with Crippen LogP contribution in [-0.4, -0.2) is 27.3 Å². The molecule has 3 rings (SSSR count). The third kappa shape index (κ3) is 6.29. The zero-order chi connectivity index (χ0) is 22.4. The Hall–Kier alpha value is -2.42. The molecule has 7 nitrogen and oxygen atoms in total. The summed E-state index contributed by atoms with van der Waals surface area (Å²) in [5.41, 5.74) is 3.17. The van der Waals surface area contributed by atoms with Crippen molar-refractivity contribution in [2.75, 3.05) is 7.05 Å². The average molecular weight is 507 g/mol. The SMILES string of the molecule is CNCc1ccc(Cl)cc1CNC(=O)Cc1c(C)ccn(CCn2cc(Br)cn2)c1=O. The lowest BCUT2D eigenvalue weighted by Gasteiger charge is -2.13. The zero-order valence-corrected chi connectivity index (χ0v) is 19.8. The number of amides is 1. The van der Waals surface area contributed by atoms with E-state index in [4.69, 9.17) is 11.6 Å². The maximum absolute atomic E-state index is 12.9. The molecule has 0 saturated heterocycles. The third-order valence-corrected chi connectivity index (χ3v) is 5.66. The topological polar surface area (TPSA) is 80.9 Å². The number of rotatable bonds is 9. The van der Waals surface area contributed by atoms with Gasteiger partial charge in [-0.3, -0.25) is 14.3 Å². The van der Waals surface area contributed by atoms with E-state index in [1.54, 1.807) is 21.6 Å². The molecule has 2 N–H and O–H groups in total. The van der Waals surface area contributed by atoms with Crippen LogP contribution in [0.2, 0.25) is 5.02 Å². The van der Waals surface area contributed by atoms with Gasteiger partial charge in [-0.05, 0) is 64.8 Å². The van der Waals surface area contributed by atoms with E-state index in [0.717, 1.165) is 21.2 Å². The van der Waals surface area contributed by atoms with Crippen LogP contribution in [0.3, 0.4) is 0 Å². The second-order valence-electron chi connectivity index (χ2n) is 7.29. The molecule has 0 aliphatic heterocycles. The Morgan fingerprint density at radius 2 is 2.00 bits per heavy atom. The first-order valence-electron chi connectivity index (χ1n) is 9.93. The van der Waals surface area contributed by atoms with Gasteiger partial charge < -0.3 is 15.2 Å². The molecule has 2 aromatic heterocycles. The number of hydrogen-bond donors (Lipinski definition) is 2. The Kier molecular flexibility index (Phi) is 8.06. The van der Waals surface area contributed by atoms with Crippen LogP contribution in [-0.2, 0) is 37.4 Å². The van der Waals surface area contributed by atoms with Crippen molar-refractivity contribution < 1.29 is 4.79 Å². The number of carbonyl (C=O) groups is 1. The molecule has 0 aliphatic carbocycles. The third-order valence-electron chi connectivity index (χ3n) is 5.02. The number of halogens is 2. The number of benzene rings is 1. The fourth-order valence-corrected chi connectivity index (χ4v) is 3.84. The Labute approximate surface area is 194 Å². The number of carbonyl (C=O) groups excluding carboxylic acids is 1. The van der Waals surface area contributed by atoms with Crippen LogP contribution in [0.4, 0.5) is 0 Å². The van der Waals surface area contributed by atoms with E-state index in [1.807, 2.05) is 44.4 Å². The minimum absolute atomic E-state index is 0.0285. The molecule has 0 unspecified atom stereocenters. The Morgan fingerprint density at radius 3 is 2.71 bits per heavy atom. The monoisotopic (exact) mass is 505 g/mol. The van der Waals surface area contributed by atoms with Crippen LogP contribution in [0.1, 0.15) is 22.3 Å². The molecule has 3 aromatic rings. The molecule has 31 heavy (non-hydrogen) atoms. The first-order valence-corrected chi connectivity index (χ1v) is 11.1. The molecule has 0 atom stereocenters. The van der Waals surface area contributed by atoms with Gasteiger partial charge in [0, 0.05) is 42.6 Å². The van der Waals surface area contributed by atoms with Crippen LogP contribution >= 0.6 is 27.5 Å². The molecule has 1 amide bonds. The minimum atomic E-state index is -0.204. The van der Waals surface area contributed by atoms with Gasteiger partial charge in [-0.1, -0.05) is 17.7 Å². The highest BCUT2D eigenvalue weighted by Crippen LogP contribution is 2.16. The van der Waals surface area contributed by atoms with E-state index in [-0.39, 0.29) is 17.9 Å². The summed E-state index contributed by atoms with van der Waals surface area (Å²) in [5, 5.41) is 10.8. The molecule has 2 heterocycles. The maximum atomic E-state index is 12.9. The second kappa shape index (κ2) is 10.7. The number of nitrogens with one attached hydrogen (secondary N) is 2. The lowest BCUT2D eigenvalue weighted by molar-refractivity contribution is -0.120. The molecule has 0 bridgehead atoms. The molecule has 9 heteroatoms. The van der Waals surface area contributed by atoms with Gasteiger partial charge in [-0.25, -0.2) is 0 Å². The Balaban J connectivity index is 1.67. The molecular weight excluding hydrogens is 482 g/mol. The Bertz CT molecular complexity index is 1130. The summed E-state index contributed by atoms with van der Waals surface area (Å²) in [7, 11) is 1.87. The molecule has 1 aromatic carbocycles. The van der Waals surface area contributed by atoms with Crippen molar-refractivity contribution in [1.82, 2.24) is 25.0 Å². The Morgan fingerprint density at radius 1 is 1.19 bits per heavy atom. The van der Waals surface area contributed by atoms with E-state index in [0.29, 0.717) is 36.8 Å². The van der Waals surface area contributed by atoms with Gasteiger partial charge in [-0.15, -0.1) is 0 Å². The van der Waals surface area contributed by atoms with E-state index >= 15 is 0 Å². The van der Waals surface area contributed by atoms with E-state index in [9.17, 15) is 9.59 Å². The van der Waals surface area contributed by atoms with Gasteiger partial charge in [0.1, 0.15) is 0 Å². The van der Waals surface area contributed by atoms with Gasteiger partial charge in [0.15, 0.2) is 0 Å². The van der Waals surface area contributed by atoms with Gasteiger partial charge in [-0.2, -0.15) is 5.10 Å². The van der Waals surface area contributed by atoms with Crippen LogP contribution < -0.4 is 16.2 Å².